The van der Waals surface area contributed by atoms with E-state index in [1.165, 1.54) is 0 Å². The van der Waals surface area contributed by atoms with Crippen molar-refractivity contribution >= 4 is 45.8 Å². The third kappa shape index (κ3) is 3.65. The molecule has 1 amide bonds. The van der Waals surface area contributed by atoms with Crippen molar-refractivity contribution in [3.63, 3.8) is 0 Å². The van der Waals surface area contributed by atoms with E-state index in [1.807, 2.05) is 30.9 Å². The van der Waals surface area contributed by atoms with Crippen LogP contribution in [0.5, 0.6) is 5.75 Å². The number of anilines is 1. The van der Waals surface area contributed by atoms with Crippen LogP contribution in [-0.2, 0) is 16.8 Å². The van der Waals surface area contributed by atoms with Gasteiger partial charge in [0, 0.05) is 6.54 Å². The first-order valence-electron chi connectivity index (χ1n) is 10.2. The summed E-state index contributed by atoms with van der Waals surface area (Å²) in [6.45, 7) is 7.08. The first kappa shape index (κ1) is 21.0. The van der Waals surface area contributed by atoms with Gasteiger partial charge in [-0.3, -0.25) is 4.79 Å². The zero-order valence-corrected chi connectivity index (χ0v) is 18.9. The van der Waals surface area contributed by atoms with Gasteiger partial charge in [0.05, 0.1) is 32.2 Å². The molecule has 0 aliphatic carbocycles. The maximum atomic E-state index is 13.0. The van der Waals surface area contributed by atoms with Gasteiger partial charge in [0.25, 0.3) is 0 Å². The predicted molar refractivity (Wildman–Crippen MR) is 122 cm³/mol. The minimum Gasteiger partial charge on any atom is -0.483 e. The molecule has 0 saturated carbocycles. The SMILES string of the molecule is CCCCCN1C(=O)C(C)(C)c2cc3nc(COc4c(Cl)cccc4Cl)[nH]c3cc21. The number of aromatic amines is 1. The second-order valence-electron chi connectivity index (χ2n) is 8.20. The molecule has 2 heterocycles. The molecule has 0 unspecified atom stereocenters. The Hall–Kier alpha value is -2.24. The topological polar surface area (TPSA) is 58.2 Å². The molecule has 30 heavy (non-hydrogen) atoms. The Balaban J connectivity index is 1.63. The number of fused-ring (bicyclic) bond motifs is 2. The molecule has 0 spiro atoms. The molecular weight excluding hydrogens is 421 g/mol. The van der Waals surface area contributed by atoms with Crippen LogP contribution >= 0.6 is 23.2 Å². The van der Waals surface area contributed by atoms with Crippen LogP contribution < -0.4 is 9.64 Å². The van der Waals surface area contributed by atoms with Gasteiger partial charge in [0.2, 0.25) is 5.91 Å². The number of aromatic nitrogens is 2. The number of halogens is 2. The molecule has 0 radical (unpaired) electrons. The van der Waals surface area contributed by atoms with Crippen molar-refractivity contribution < 1.29 is 9.53 Å². The fourth-order valence-electron chi connectivity index (χ4n) is 3.96. The second kappa shape index (κ2) is 8.12. The molecule has 1 aliphatic rings. The summed E-state index contributed by atoms with van der Waals surface area (Å²) in [5.41, 5.74) is 3.12. The molecule has 5 nitrogen and oxygen atoms in total. The molecule has 1 aliphatic heterocycles. The molecule has 2 aromatic carbocycles. The Kier molecular flexibility index (Phi) is 5.69. The van der Waals surface area contributed by atoms with Gasteiger partial charge in [-0.25, -0.2) is 4.98 Å². The third-order valence-electron chi connectivity index (χ3n) is 5.65. The van der Waals surface area contributed by atoms with E-state index in [-0.39, 0.29) is 12.5 Å². The smallest absolute Gasteiger partial charge is 0.237 e. The Morgan fingerprint density at radius 2 is 1.90 bits per heavy atom. The molecule has 0 saturated heterocycles. The highest BCUT2D eigenvalue weighted by molar-refractivity contribution is 6.37. The van der Waals surface area contributed by atoms with Gasteiger partial charge in [0.1, 0.15) is 12.4 Å². The van der Waals surface area contributed by atoms with Crippen molar-refractivity contribution in [2.75, 3.05) is 11.4 Å². The molecule has 0 fully saturated rings. The number of carbonyl (C=O) groups is 1. The maximum Gasteiger partial charge on any atom is 0.237 e. The van der Waals surface area contributed by atoms with E-state index < -0.39 is 5.41 Å². The van der Waals surface area contributed by atoms with Crippen molar-refractivity contribution in [3.05, 3.63) is 51.8 Å². The van der Waals surface area contributed by atoms with E-state index in [0.29, 0.717) is 21.6 Å². The van der Waals surface area contributed by atoms with Crippen LogP contribution in [0.4, 0.5) is 5.69 Å². The summed E-state index contributed by atoms with van der Waals surface area (Å²) in [4.78, 5) is 22.9. The Morgan fingerprint density at radius 3 is 2.60 bits per heavy atom. The van der Waals surface area contributed by atoms with E-state index in [1.54, 1.807) is 18.2 Å². The number of benzene rings is 2. The van der Waals surface area contributed by atoms with Crippen molar-refractivity contribution in [2.45, 2.75) is 52.1 Å². The largest absolute Gasteiger partial charge is 0.483 e. The van der Waals surface area contributed by atoms with Gasteiger partial charge in [-0.1, -0.05) is 49.0 Å². The standard InChI is InChI=1S/C23H25Cl2N3O2/c1-4-5-6-10-28-19-12-18-17(11-14(19)23(2,3)22(28)29)26-20(27-18)13-30-21-15(24)8-7-9-16(21)25/h7-9,11-12H,4-6,10,13H2,1-3H3,(H,26,27). The summed E-state index contributed by atoms with van der Waals surface area (Å²) < 4.78 is 5.81. The van der Waals surface area contributed by atoms with Crippen LogP contribution in [0.2, 0.25) is 10.0 Å². The maximum absolute atomic E-state index is 13.0. The highest BCUT2D eigenvalue weighted by Gasteiger charge is 2.43. The van der Waals surface area contributed by atoms with Crippen molar-refractivity contribution in [2.24, 2.45) is 0 Å². The molecule has 0 atom stereocenters. The summed E-state index contributed by atoms with van der Waals surface area (Å²) in [5.74, 6) is 1.27. The molecule has 3 aromatic rings. The first-order valence-corrected chi connectivity index (χ1v) is 11.0. The lowest BCUT2D eigenvalue weighted by molar-refractivity contribution is -0.122. The number of unbranched alkanes of at least 4 members (excludes halogenated alkanes) is 2. The van der Waals surface area contributed by atoms with Gasteiger partial charge in [-0.15, -0.1) is 0 Å². The van der Waals surface area contributed by atoms with Gasteiger partial charge in [-0.05, 0) is 50.1 Å². The fraction of sp³-hybridized carbons (Fsp3) is 0.391. The van der Waals surface area contributed by atoms with E-state index in [4.69, 9.17) is 27.9 Å². The van der Waals surface area contributed by atoms with Crippen LogP contribution in [0.1, 0.15) is 51.4 Å². The number of carbonyl (C=O) groups excluding carboxylic acids is 1. The Bertz CT molecular complexity index is 1090. The lowest BCUT2D eigenvalue weighted by atomic mass is 9.86. The molecule has 1 aromatic heterocycles. The van der Waals surface area contributed by atoms with E-state index in [2.05, 4.69) is 16.9 Å². The van der Waals surface area contributed by atoms with Crippen LogP contribution in [-0.4, -0.2) is 22.4 Å². The first-order chi connectivity index (χ1) is 14.3. The fourth-order valence-corrected chi connectivity index (χ4v) is 4.46. The summed E-state index contributed by atoms with van der Waals surface area (Å²) in [7, 11) is 0. The third-order valence-corrected chi connectivity index (χ3v) is 6.25. The van der Waals surface area contributed by atoms with Crippen molar-refractivity contribution in [1.82, 2.24) is 9.97 Å². The monoisotopic (exact) mass is 445 g/mol. The van der Waals surface area contributed by atoms with E-state index in [9.17, 15) is 4.79 Å². The van der Waals surface area contributed by atoms with Crippen LogP contribution in [0.25, 0.3) is 11.0 Å². The van der Waals surface area contributed by atoms with E-state index in [0.717, 1.165) is 48.1 Å². The van der Waals surface area contributed by atoms with E-state index >= 15 is 0 Å². The highest BCUT2D eigenvalue weighted by atomic mass is 35.5. The van der Waals surface area contributed by atoms with Crippen molar-refractivity contribution in [1.29, 1.82) is 0 Å². The zero-order chi connectivity index (χ0) is 21.5. The van der Waals surface area contributed by atoms with Gasteiger partial charge < -0.3 is 14.6 Å². The van der Waals surface area contributed by atoms with Crippen LogP contribution in [0, 0.1) is 0 Å². The normalized spacial score (nSPS) is 15.1. The number of hydrogen-bond acceptors (Lipinski definition) is 3. The number of amides is 1. The molecule has 158 valence electrons. The van der Waals surface area contributed by atoms with Gasteiger partial charge in [-0.2, -0.15) is 0 Å². The summed E-state index contributed by atoms with van der Waals surface area (Å²) >= 11 is 12.4. The minimum absolute atomic E-state index is 0.151. The number of nitrogens with zero attached hydrogens (tertiary/aromatic N) is 2. The number of H-pyrrole nitrogens is 1. The minimum atomic E-state index is -0.559. The highest BCUT2D eigenvalue weighted by Crippen LogP contribution is 2.43. The number of imidazole rings is 1. The Morgan fingerprint density at radius 1 is 1.17 bits per heavy atom. The molecule has 0 bridgehead atoms. The Labute approximate surface area is 186 Å². The number of nitrogens with one attached hydrogen (secondary N) is 1. The summed E-state index contributed by atoms with van der Waals surface area (Å²) in [6.07, 6.45) is 3.23. The van der Waals surface area contributed by atoms with Gasteiger partial charge in [0.15, 0.2) is 5.75 Å². The molecule has 4 rings (SSSR count). The zero-order valence-electron chi connectivity index (χ0n) is 17.4. The predicted octanol–water partition coefficient (Wildman–Crippen LogP) is 6.26. The number of hydrogen-bond donors (Lipinski definition) is 1. The summed E-state index contributed by atoms with van der Waals surface area (Å²) in [5, 5.41) is 0.918. The average molecular weight is 446 g/mol. The lowest BCUT2D eigenvalue weighted by Gasteiger charge is -2.20. The number of para-hydroxylation sites is 1. The van der Waals surface area contributed by atoms with Crippen molar-refractivity contribution in [3.8, 4) is 5.75 Å². The molecule has 7 heteroatoms. The summed E-state index contributed by atoms with van der Waals surface area (Å²) in [6, 6.07) is 9.29. The second-order valence-corrected chi connectivity index (χ2v) is 9.01. The quantitative estimate of drug-likeness (QED) is 0.436. The molecular formula is C23H25Cl2N3O2. The van der Waals surface area contributed by atoms with Crippen LogP contribution in [0.15, 0.2) is 30.3 Å². The lowest BCUT2D eigenvalue weighted by Crippen LogP contribution is -2.36. The molecule has 1 N–H and O–H groups in total. The number of rotatable bonds is 7. The van der Waals surface area contributed by atoms with Crippen LogP contribution in [0.3, 0.4) is 0 Å². The number of ether oxygens (including phenoxy) is 1. The average Bonchev–Trinajstić information content (AvgIpc) is 3.18. The van der Waals surface area contributed by atoms with Gasteiger partial charge >= 0.3 is 0 Å².